The van der Waals surface area contributed by atoms with Gasteiger partial charge in [-0.05, 0) is 35.2 Å². The van der Waals surface area contributed by atoms with E-state index < -0.39 is 16.9 Å². The SMILES string of the molecule is O=C(COc1ccccc1[N+](=O)[O-])NC(c1ccc(F)cc1)c1cccs1. The number of carbonyl (C=O) groups is 1. The highest BCUT2D eigenvalue weighted by Gasteiger charge is 2.20. The number of hydrogen-bond donors (Lipinski definition) is 1. The third kappa shape index (κ3) is 4.68. The number of carbonyl (C=O) groups excluding carboxylic acids is 1. The van der Waals surface area contributed by atoms with Crippen molar-refractivity contribution in [1.82, 2.24) is 5.32 Å². The summed E-state index contributed by atoms with van der Waals surface area (Å²) in [5.41, 5.74) is 0.511. The average molecular weight is 386 g/mol. The molecule has 0 saturated heterocycles. The zero-order valence-electron chi connectivity index (χ0n) is 14.0. The van der Waals surface area contributed by atoms with Crippen LogP contribution in [0, 0.1) is 15.9 Å². The Morgan fingerprint density at radius 3 is 2.56 bits per heavy atom. The molecule has 1 atom stereocenters. The number of benzene rings is 2. The van der Waals surface area contributed by atoms with Gasteiger partial charge in [-0.25, -0.2) is 4.39 Å². The van der Waals surface area contributed by atoms with E-state index >= 15 is 0 Å². The Balaban J connectivity index is 1.72. The van der Waals surface area contributed by atoms with Crippen molar-refractivity contribution in [2.45, 2.75) is 6.04 Å². The van der Waals surface area contributed by atoms with Gasteiger partial charge in [0.25, 0.3) is 5.91 Å². The van der Waals surface area contributed by atoms with E-state index in [-0.39, 0.29) is 23.9 Å². The molecule has 0 saturated carbocycles. The summed E-state index contributed by atoms with van der Waals surface area (Å²) in [6, 6.07) is 15.0. The van der Waals surface area contributed by atoms with Crippen molar-refractivity contribution in [2.75, 3.05) is 6.61 Å². The van der Waals surface area contributed by atoms with Crippen molar-refractivity contribution in [1.29, 1.82) is 0 Å². The van der Waals surface area contributed by atoms with E-state index in [1.54, 1.807) is 18.2 Å². The molecule has 138 valence electrons. The second-order valence-electron chi connectivity index (χ2n) is 5.58. The lowest BCUT2D eigenvalue weighted by molar-refractivity contribution is -0.385. The van der Waals surface area contributed by atoms with E-state index in [1.807, 2.05) is 17.5 Å². The highest BCUT2D eigenvalue weighted by molar-refractivity contribution is 7.10. The molecule has 3 aromatic rings. The van der Waals surface area contributed by atoms with E-state index in [4.69, 9.17) is 4.74 Å². The minimum absolute atomic E-state index is 0.0205. The largest absolute Gasteiger partial charge is 0.477 e. The Kier molecular flexibility index (Phi) is 5.77. The number of ether oxygens (including phenoxy) is 1. The Labute approximate surface area is 158 Å². The van der Waals surface area contributed by atoms with Gasteiger partial charge in [0.15, 0.2) is 12.4 Å². The van der Waals surface area contributed by atoms with Gasteiger partial charge in [0.2, 0.25) is 0 Å². The zero-order chi connectivity index (χ0) is 19.2. The molecule has 1 heterocycles. The van der Waals surface area contributed by atoms with Gasteiger partial charge in [0, 0.05) is 10.9 Å². The molecule has 1 unspecified atom stereocenters. The standard InChI is InChI=1S/C19H15FN2O4S/c20-14-9-7-13(8-10-14)19(17-6-3-11-27-17)21-18(23)12-26-16-5-2-1-4-15(16)22(24)25/h1-11,19H,12H2,(H,21,23). The normalized spacial score (nSPS) is 11.6. The average Bonchev–Trinajstić information content (AvgIpc) is 3.20. The van der Waals surface area contributed by atoms with Crippen molar-refractivity contribution in [3.63, 3.8) is 0 Å². The molecule has 1 N–H and O–H groups in total. The number of amides is 1. The summed E-state index contributed by atoms with van der Waals surface area (Å²) in [5, 5.41) is 15.7. The van der Waals surface area contributed by atoms with E-state index in [0.29, 0.717) is 0 Å². The molecule has 0 radical (unpaired) electrons. The molecule has 27 heavy (non-hydrogen) atoms. The molecule has 6 nitrogen and oxygen atoms in total. The number of nitro benzene ring substituents is 1. The van der Waals surface area contributed by atoms with Crippen LogP contribution in [0.1, 0.15) is 16.5 Å². The third-order valence-corrected chi connectivity index (χ3v) is 4.69. The highest BCUT2D eigenvalue weighted by Crippen LogP contribution is 2.27. The van der Waals surface area contributed by atoms with Crippen molar-refractivity contribution in [3.8, 4) is 5.75 Å². The first-order valence-corrected chi connectivity index (χ1v) is 8.87. The first-order valence-electron chi connectivity index (χ1n) is 7.99. The Morgan fingerprint density at radius 2 is 1.89 bits per heavy atom. The fourth-order valence-corrected chi connectivity index (χ4v) is 3.31. The number of nitrogens with zero attached hydrogens (tertiary/aromatic N) is 1. The molecule has 2 aromatic carbocycles. The molecular weight excluding hydrogens is 371 g/mol. The number of rotatable bonds is 7. The van der Waals surface area contributed by atoms with E-state index in [0.717, 1.165) is 10.4 Å². The van der Waals surface area contributed by atoms with Crippen LogP contribution in [0.15, 0.2) is 66.0 Å². The maximum atomic E-state index is 13.2. The van der Waals surface area contributed by atoms with Crippen LogP contribution >= 0.6 is 11.3 Å². The van der Waals surface area contributed by atoms with Gasteiger partial charge in [-0.15, -0.1) is 11.3 Å². The minimum Gasteiger partial charge on any atom is -0.477 e. The van der Waals surface area contributed by atoms with Gasteiger partial charge in [0.1, 0.15) is 5.82 Å². The second-order valence-corrected chi connectivity index (χ2v) is 6.56. The Bertz CT molecular complexity index is 929. The maximum absolute atomic E-state index is 13.2. The molecule has 1 amide bonds. The zero-order valence-corrected chi connectivity index (χ0v) is 14.8. The van der Waals surface area contributed by atoms with Crippen LogP contribution < -0.4 is 10.1 Å². The molecule has 3 rings (SSSR count). The first-order chi connectivity index (χ1) is 13.0. The summed E-state index contributed by atoms with van der Waals surface area (Å²) in [6.45, 7) is -0.381. The Morgan fingerprint density at radius 1 is 1.15 bits per heavy atom. The predicted octanol–water partition coefficient (Wildman–Crippen LogP) is 4.08. The van der Waals surface area contributed by atoms with Gasteiger partial charge in [0.05, 0.1) is 11.0 Å². The van der Waals surface area contributed by atoms with E-state index in [1.165, 1.54) is 41.7 Å². The molecular formula is C19H15FN2O4S. The molecule has 1 aromatic heterocycles. The summed E-state index contributed by atoms with van der Waals surface area (Å²) in [6.07, 6.45) is 0. The fourth-order valence-electron chi connectivity index (χ4n) is 2.51. The van der Waals surface area contributed by atoms with Crippen LogP contribution in [0.5, 0.6) is 5.75 Å². The third-order valence-electron chi connectivity index (χ3n) is 3.76. The summed E-state index contributed by atoms with van der Waals surface area (Å²) in [7, 11) is 0. The van der Waals surface area contributed by atoms with Crippen LogP contribution in [0.2, 0.25) is 0 Å². The fraction of sp³-hybridized carbons (Fsp3) is 0.105. The molecule has 0 aliphatic rings. The molecule has 0 aliphatic carbocycles. The molecule has 0 spiro atoms. The maximum Gasteiger partial charge on any atom is 0.310 e. The number of halogens is 1. The number of thiophene rings is 1. The summed E-state index contributed by atoms with van der Waals surface area (Å²) in [5.74, 6) is -0.794. The lowest BCUT2D eigenvalue weighted by atomic mass is 10.1. The van der Waals surface area contributed by atoms with Gasteiger partial charge in [-0.3, -0.25) is 14.9 Å². The topological polar surface area (TPSA) is 81.5 Å². The molecule has 8 heteroatoms. The summed E-state index contributed by atoms with van der Waals surface area (Å²) >= 11 is 1.45. The number of para-hydroxylation sites is 2. The first kappa shape index (κ1) is 18.5. The smallest absolute Gasteiger partial charge is 0.310 e. The minimum atomic E-state index is -0.569. The van der Waals surface area contributed by atoms with Gasteiger partial charge in [-0.2, -0.15) is 0 Å². The van der Waals surface area contributed by atoms with Crippen molar-refractivity contribution >= 4 is 22.9 Å². The molecule has 0 aliphatic heterocycles. The van der Waals surface area contributed by atoms with Gasteiger partial charge >= 0.3 is 5.69 Å². The molecule has 0 fully saturated rings. The van der Waals surface area contributed by atoms with Crippen molar-refractivity contribution < 1.29 is 18.8 Å². The number of nitro groups is 1. The summed E-state index contributed by atoms with van der Waals surface area (Å²) < 4.78 is 18.5. The van der Waals surface area contributed by atoms with E-state index in [9.17, 15) is 19.3 Å². The molecule has 0 bridgehead atoms. The van der Waals surface area contributed by atoms with Gasteiger partial charge < -0.3 is 10.1 Å². The lowest BCUT2D eigenvalue weighted by Gasteiger charge is -2.18. The second kappa shape index (κ2) is 8.41. The number of hydrogen-bond acceptors (Lipinski definition) is 5. The van der Waals surface area contributed by atoms with Crippen LogP contribution in [0.25, 0.3) is 0 Å². The Hall–Kier alpha value is -3.26. The van der Waals surface area contributed by atoms with Crippen LogP contribution in [0.3, 0.4) is 0 Å². The predicted molar refractivity (Wildman–Crippen MR) is 99.3 cm³/mol. The van der Waals surface area contributed by atoms with Crippen molar-refractivity contribution in [2.24, 2.45) is 0 Å². The van der Waals surface area contributed by atoms with Crippen LogP contribution in [-0.2, 0) is 4.79 Å². The van der Waals surface area contributed by atoms with Crippen LogP contribution in [-0.4, -0.2) is 17.4 Å². The van der Waals surface area contributed by atoms with E-state index in [2.05, 4.69) is 5.32 Å². The van der Waals surface area contributed by atoms with Crippen LogP contribution in [0.4, 0.5) is 10.1 Å². The summed E-state index contributed by atoms with van der Waals surface area (Å²) in [4.78, 5) is 23.7. The number of nitrogens with one attached hydrogen (secondary N) is 1. The quantitative estimate of drug-likeness (QED) is 0.490. The lowest BCUT2D eigenvalue weighted by Crippen LogP contribution is -2.33. The highest BCUT2D eigenvalue weighted by atomic mass is 32.1. The van der Waals surface area contributed by atoms with Gasteiger partial charge in [-0.1, -0.05) is 30.3 Å². The monoisotopic (exact) mass is 386 g/mol. The van der Waals surface area contributed by atoms with Crippen molar-refractivity contribution in [3.05, 3.63) is 92.4 Å².